The second kappa shape index (κ2) is 4.03. The Balaban J connectivity index is 2.73. The fourth-order valence-electron chi connectivity index (χ4n) is 1.24. The summed E-state index contributed by atoms with van der Waals surface area (Å²) in [6.45, 7) is 0. The number of nitrogens with zero attached hydrogens (tertiary/aromatic N) is 2. The molecular formula is C7H6ClN3O4S2. The van der Waals surface area contributed by atoms with Crippen LogP contribution >= 0.6 is 11.6 Å². The lowest BCUT2D eigenvalue weighted by molar-refractivity contribution is 0.0921. The van der Waals surface area contributed by atoms with Crippen molar-refractivity contribution in [3.05, 3.63) is 17.2 Å². The number of hydrogen-bond donors (Lipinski definition) is 2. The van der Waals surface area contributed by atoms with Gasteiger partial charge >= 0.3 is 0 Å². The lowest BCUT2D eigenvalue weighted by Crippen LogP contribution is -2.23. The van der Waals surface area contributed by atoms with Crippen LogP contribution in [0.5, 0.6) is 0 Å². The summed E-state index contributed by atoms with van der Waals surface area (Å²) in [6.07, 6.45) is 0.936. The van der Waals surface area contributed by atoms with Gasteiger partial charge in [0.1, 0.15) is 11.2 Å². The van der Waals surface area contributed by atoms with Gasteiger partial charge in [0.05, 0.1) is 15.6 Å². The van der Waals surface area contributed by atoms with Crippen LogP contribution in [0.15, 0.2) is 26.9 Å². The molecule has 1 atom stereocenters. The number of hydroxylamine groups is 1. The van der Waals surface area contributed by atoms with E-state index in [2.05, 4.69) is 4.99 Å². The number of nitrogens with two attached hydrogens (primary N) is 1. The molecule has 0 saturated carbocycles. The SMILES string of the molecule is NS(=O)(=O)c1cc2c(cc1Cl)N=CN(O)S2=O. The maximum Gasteiger partial charge on any atom is 0.239 e. The van der Waals surface area contributed by atoms with Crippen LogP contribution in [0.25, 0.3) is 0 Å². The lowest BCUT2D eigenvalue weighted by Gasteiger charge is -2.17. The van der Waals surface area contributed by atoms with Gasteiger partial charge in [-0.1, -0.05) is 11.6 Å². The van der Waals surface area contributed by atoms with Crippen molar-refractivity contribution < 1.29 is 17.8 Å². The van der Waals surface area contributed by atoms with Crippen molar-refractivity contribution in [2.24, 2.45) is 10.1 Å². The van der Waals surface area contributed by atoms with Crippen LogP contribution in [-0.2, 0) is 21.0 Å². The zero-order valence-corrected chi connectivity index (χ0v) is 10.5. The van der Waals surface area contributed by atoms with Gasteiger partial charge in [0, 0.05) is 0 Å². The molecule has 1 aliphatic rings. The van der Waals surface area contributed by atoms with E-state index in [1.807, 2.05) is 0 Å². The molecule has 3 N–H and O–H groups in total. The minimum atomic E-state index is -4.03. The maximum absolute atomic E-state index is 11.6. The fourth-order valence-corrected chi connectivity index (χ4v) is 3.25. The number of benzene rings is 1. The molecule has 1 aromatic carbocycles. The Bertz CT molecular complexity index is 643. The number of hydrogen-bond acceptors (Lipinski definition) is 5. The first-order valence-corrected chi connectivity index (χ1v) is 7.14. The van der Waals surface area contributed by atoms with Crippen molar-refractivity contribution in [3.63, 3.8) is 0 Å². The standard InChI is InChI=1S/C7H6ClN3O4S2/c8-4-1-5-6(2-7(4)17(9,14)15)16(13)11(12)3-10-5/h1-3,12H,(H2,9,14,15). The number of halogens is 1. The number of primary sulfonamides is 1. The zero-order chi connectivity index (χ0) is 12.8. The molecule has 7 nitrogen and oxygen atoms in total. The molecular weight excluding hydrogens is 290 g/mol. The van der Waals surface area contributed by atoms with Gasteiger partial charge in [-0.05, 0) is 12.1 Å². The molecule has 17 heavy (non-hydrogen) atoms. The second-order valence-corrected chi connectivity index (χ2v) is 6.34. The molecule has 92 valence electrons. The Labute approximate surface area is 104 Å². The van der Waals surface area contributed by atoms with Crippen LogP contribution in [0, 0.1) is 0 Å². The third kappa shape index (κ3) is 2.19. The van der Waals surface area contributed by atoms with Gasteiger partial charge < -0.3 is 0 Å². The third-order valence-electron chi connectivity index (χ3n) is 1.97. The Morgan fingerprint density at radius 1 is 1.47 bits per heavy atom. The molecule has 1 aliphatic heterocycles. The van der Waals surface area contributed by atoms with Crippen molar-refractivity contribution in [1.82, 2.24) is 4.47 Å². The largest absolute Gasteiger partial charge is 0.275 e. The van der Waals surface area contributed by atoms with E-state index in [1.54, 1.807) is 0 Å². The predicted octanol–water partition coefficient (Wildman–Crippen LogP) is 0.375. The van der Waals surface area contributed by atoms with Gasteiger partial charge in [0.2, 0.25) is 10.0 Å². The van der Waals surface area contributed by atoms with E-state index < -0.39 is 21.0 Å². The summed E-state index contributed by atoms with van der Waals surface area (Å²) in [6, 6.07) is 2.25. The smallest absolute Gasteiger partial charge is 0.239 e. The van der Waals surface area contributed by atoms with Gasteiger partial charge in [-0.2, -0.15) is 4.47 Å². The first-order valence-electron chi connectivity index (χ1n) is 4.11. The van der Waals surface area contributed by atoms with E-state index in [-0.39, 0.29) is 20.5 Å². The summed E-state index contributed by atoms with van der Waals surface area (Å²) in [5.74, 6) is 0. The van der Waals surface area contributed by atoms with Crippen molar-refractivity contribution in [2.45, 2.75) is 9.79 Å². The molecule has 0 aromatic heterocycles. The monoisotopic (exact) mass is 295 g/mol. The molecule has 0 fully saturated rings. The van der Waals surface area contributed by atoms with Crippen molar-refractivity contribution in [2.75, 3.05) is 0 Å². The summed E-state index contributed by atoms with van der Waals surface area (Å²) in [4.78, 5) is 3.40. The topological polar surface area (TPSA) is 113 Å². The van der Waals surface area contributed by atoms with Crippen LogP contribution in [0.4, 0.5) is 5.69 Å². The van der Waals surface area contributed by atoms with E-state index in [4.69, 9.17) is 21.9 Å². The molecule has 0 amide bonds. The van der Waals surface area contributed by atoms with Gasteiger partial charge in [-0.15, -0.1) is 0 Å². The number of sulfonamides is 1. The molecule has 0 bridgehead atoms. The summed E-state index contributed by atoms with van der Waals surface area (Å²) < 4.78 is 34.4. The first-order chi connectivity index (χ1) is 7.80. The molecule has 10 heteroatoms. The van der Waals surface area contributed by atoms with E-state index in [9.17, 15) is 12.6 Å². The minimum Gasteiger partial charge on any atom is -0.275 e. The van der Waals surface area contributed by atoms with Crippen molar-refractivity contribution in [3.8, 4) is 0 Å². The predicted molar refractivity (Wildman–Crippen MR) is 61.0 cm³/mol. The Morgan fingerprint density at radius 2 is 2.12 bits per heavy atom. The Morgan fingerprint density at radius 3 is 2.71 bits per heavy atom. The van der Waals surface area contributed by atoms with Gasteiger partial charge in [0.25, 0.3) is 0 Å². The van der Waals surface area contributed by atoms with Gasteiger partial charge in [0.15, 0.2) is 11.0 Å². The van der Waals surface area contributed by atoms with Crippen molar-refractivity contribution >= 4 is 44.6 Å². The van der Waals surface area contributed by atoms with E-state index in [0.717, 1.165) is 12.4 Å². The third-order valence-corrected chi connectivity index (χ3v) is 4.49. The van der Waals surface area contributed by atoms with Crippen LogP contribution in [0.2, 0.25) is 5.02 Å². The van der Waals surface area contributed by atoms with E-state index in [0.29, 0.717) is 4.47 Å². The van der Waals surface area contributed by atoms with E-state index >= 15 is 0 Å². The molecule has 0 aliphatic carbocycles. The van der Waals surface area contributed by atoms with Crippen LogP contribution in [0.1, 0.15) is 0 Å². The molecule has 1 aromatic rings. The van der Waals surface area contributed by atoms with Crippen LogP contribution in [-0.4, -0.2) is 28.6 Å². The summed E-state index contributed by atoms with van der Waals surface area (Å²) in [7, 11) is -5.98. The van der Waals surface area contributed by atoms with Crippen LogP contribution < -0.4 is 5.14 Å². The molecule has 0 spiro atoms. The van der Waals surface area contributed by atoms with E-state index in [1.165, 1.54) is 6.07 Å². The fraction of sp³-hybridized carbons (Fsp3) is 0. The highest BCUT2D eigenvalue weighted by atomic mass is 35.5. The molecule has 0 saturated heterocycles. The van der Waals surface area contributed by atoms with Crippen molar-refractivity contribution in [1.29, 1.82) is 0 Å². The lowest BCUT2D eigenvalue weighted by atomic mass is 10.3. The van der Waals surface area contributed by atoms with Crippen LogP contribution in [0.3, 0.4) is 0 Å². The summed E-state index contributed by atoms with van der Waals surface area (Å²) in [5, 5.41) is 14.0. The number of fused-ring (bicyclic) bond motifs is 1. The maximum atomic E-state index is 11.6. The normalized spacial score (nSPS) is 19.2. The number of rotatable bonds is 1. The molecule has 0 radical (unpaired) electrons. The average Bonchev–Trinajstić information content (AvgIpc) is 2.21. The zero-order valence-electron chi connectivity index (χ0n) is 8.07. The first kappa shape index (κ1) is 12.5. The molecule has 1 unspecified atom stereocenters. The molecule has 2 rings (SSSR count). The Hall–Kier alpha value is -1.00. The minimum absolute atomic E-state index is 0.0171. The highest BCUT2D eigenvalue weighted by molar-refractivity contribution is 7.89. The Kier molecular flexibility index (Phi) is 2.96. The summed E-state index contributed by atoms with van der Waals surface area (Å²) in [5.41, 5.74) is 0.214. The highest BCUT2D eigenvalue weighted by Gasteiger charge is 2.24. The molecule has 1 heterocycles. The number of aliphatic imine (C=N–C) groups is 1. The van der Waals surface area contributed by atoms with Gasteiger partial charge in [-0.3, -0.25) is 5.21 Å². The quantitative estimate of drug-likeness (QED) is 0.779. The van der Waals surface area contributed by atoms with Gasteiger partial charge in [-0.25, -0.2) is 22.8 Å². The average molecular weight is 296 g/mol. The summed E-state index contributed by atoms with van der Waals surface area (Å²) >= 11 is 5.72. The highest BCUT2D eigenvalue weighted by Crippen LogP contribution is 2.34. The second-order valence-electron chi connectivity index (χ2n) is 3.09.